The van der Waals surface area contributed by atoms with E-state index in [0.29, 0.717) is 13.3 Å². The fraction of sp³-hybridized carbons (Fsp3) is 0.200. The first-order chi connectivity index (χ1) is 9.20. The maximum atomic E-state index is 6.10. The SMILES string of the molecule is CCOCn1c2ccc(Cl)cc2c2cc(Cl)ccc21. The van der Waals surface area contributed by atoms with Gasteiger partial charge in [-0.2, -0.15) is 0 Å². The van der Waals surface area contributed by atoms with E-state index in [-0.39, 0.29) is 0 Å². The largest absolute Gasteiger partial charge is 0.361 e. The highest BCUT2D eigenvalue weighted by Gasteiger charge is 2.11. The van der Waals surface area contributed by atoms with Crippen LogP contribution in [-0.2, 0) is 11.5 Å². The Morgan fingerprint density at radius 2 is 1.47 bits per heavy atom. The summed E-state index contributed by atoms with van der Waals surface area (Å²) in [4.78, 5) is 0. The summed E-state index contributed by atoms with van der Waals surface area (Å²) in [5.74, 6) is 0. The summed E-state index contributed by atoms with van der Waals surface area (Å²) in [6.45, 7) is 3.20. The van der Waals surface area contributed by atoms with Crippen molar-refractivity contribution in [2.45, 2.75) is 13.7 Å². The van der Waals surface area contributed by atoms with Gasteiger partial charge in [-0.1, -0.05) is 23.2 Å². The number of halogens is 2. The molecule has 4 heteroatoms. The van der Waals surface area contributed by atoms with Crippen molar-refractivity contribution in [3.63, 3.8) is 0 Å². The molecule has 1 heterocycles. The first-order valence-electron chi connectivity index (χ1n) is 6.15. The third-order valence-corrected chi connectivity index (χ3v) is 3.68. The summed E-state index contributed by atoms with van der Waals surface area (Å²) in [6.07, 6.45) is 0. The Kier molecular flexibility index (Phi) is 3.40. The number of nitrogens with zero attached hydrogens (tertiary/aromatic N) is 1. The maximum absolute atomic E-state index is 6.10. The lowest BCUT2D eigenvalue weighted by atomic mass is 10.1. The van der Waals surface area contributed by atoms with E-state index in [2.05, 4.69) is 4.57 Å². The van der Waals surface area contributed by atoms with E-state index in [4.69, 9.17) is 27.9 Å². The number of hydrogen-bond donors (Lipinski definition) is 0. The smallest absolute Gasteiger partial charge is 0.123 e. The predicted molar refractivity (Wildman–Crippen MR) is 81.1 cm³/mol. The van der Waals surface area contributed by atoms with Crippen LogP contribution in [0.2, 0.25) is 10.0 Å². The molecule has 0 radical (unpaired) electrons. The molecule has 0 atom stereocenters. The zero-order chi connectivity index (χ0) is 13.4. The highest BCUT2D eigenvalue weighted by atomic mass is 35.5. The van der Waals surface area contributed by atoms with E-state index < -0.39 is 0 Å². The van der Waals surface area contributed by atoms with Crippen molar-refractivity contribution in [1.29, 1.82) is 0 Å². The van der Waals surface area contributed by atoms with Gasteiger partial charge in [0.25, 0.3) is 0 Å². The van der Waals surface area contributed by atoms with Gasteiger partial charge in [0, 0.05) is 27.4 Å². The summed E-state index contributed by atoms with van der Waals surface area (Å²) in [5, 5.41) is 3.65. The molecule has 0 saturated heterocycles. The Hall–Kier alpha value is -1.22. The Labute approximate surface area is 121 Å². The fourth-order valence-electron chi connectivity index (χ4n) is 2.37. The third kappa shape index (κ3) is 2.20. The molecule has 2 aromatic carbocycles. The van der Waals surface area contributed by atoms with Crippen molar-refractivity contribution in [1.82, 2.24) is 4.57 Å². The molecule has 0 N–H and O–H groups in total. The van der Waals surface area contributed by atoms with Crippen LogP contribution in [0.1, 0.15) is 6.92 Å². The van der Waals surface area contributed by atoms with E-state index in [1.165, 1.54) is 0 Å². The van der Waals surface area contributed by atoms with Crippen molar-refractivity contribution in [2.75, 3.05) is 6.61 Å². The Morgan fingerprint density at radius 1 is 0.947 bits per heavy atom. The number of ether oxygens (including phenoxy) is 1. The molecule has 0 unspecified atom stereocenters. The third-order valence-electron chi connectivity index (χ3n) is 3.21. The minimum atomic E-state index is 0.528. The molecular weight excluding hydrogens is 281 g/mol. The molecule has 0 amide bonds. The van der Waals surface area contributed by atoms with Crippen molar-refractivity contribution >= 4 is 45.0 Å². The zero-order valence-electron chi connectivity index (χ0n) is 10.5. The minimum absolute atomic E-state index is 0.528. The van der Waals surface area contributed by atoms with E-state index in [1.54, 1.807) is 0 Å². The topological polar surface area (TPSA) is 14.2 Å². The summed E-state index contributed by atoms with van der Waals surface area (Å²) >= 11 is 12.2. The second-order valence-electron chi connectivity index (χ2n) is 4.37. The van der Waals surface area contributed by atoms with Gasteiger partial charge in [-0.25, -0.2) is 0 Å². The molecule has 0 aliphatic heterocycles. The number of rotatable bonds is 3. The summed E-state index contributed by atoms with van der Waals surface area (Å²) in [7, 11) is 0. The number of aromatic nitrogens is 1. The highest BCUT2D eigenvalue weighted by molar-refractivity contribution is 6.33. The molecule has 3 aromatic rings. The van der Waals surface area contributed by atoms with Gasteiger partial charge in [0.2, 0.25) is 0 Å². The minimum Gasteiger partial charge on any atom is -0.361 e. The molecule has 0 saturated carbocycles. The number of benzene rings is 2. The van der Waals surface area contributed by atoms with E-state index >= 15 is 0 Å². The van der Waals surface area contributed by atoms with Crippen LogP contribution in [0, 0.1) is 0 Å². The van der Waals surface area contributed by atoms with Gasteiger partial charge in [-0.3, -0.25) is 0 Å². The van der Waals surface area contributed by atoms with E-state index in [9.17, 15) is 0 Å². The standard InChI is InChI=1S/C15H13Cl2NO/c1-2-19-9-18-14-5-3-10(16)7-12(14)13-8-11(17)4-6-15(13)18/h3-8H,2,9H2,1H3. The molecular formula is C15H13Cl2NO. The number of fused-ring (bicyclic) bond motifs is 3. The van der Waals surface area contributed by atoms with Gasteiger partial charge in [0.05, 0.1) is 11.0 Å². The van der Waals surface area contributed by atoms with Gasteiger partial charge >= 0.3 is 0 Å². The van der Waals surface area contributed by atoms with Gasteiger partial charge in [-0.05, 0) is 43.3 Å². The summed E-state index contributed by atoms with van der Waals surface area (Å²) in [6, 6.07) is 11.8. The molecule has 0 aliphatic rings. The molecule has 0 aliphatic carbocycles. The van der Waals surface area contributed by atoms with Crippen molar-refractivity contribution in [3.05, 3.63) is 46.4 Å². The quantitative estimate of drug-likeness (QED) is 0.656. The summed E-state index contributed by atoms with van der Waals surface area (Å²) in [5.41, 5.74) is 2.21. The fourth-order valence-corrected chi connectivity index (χ4v) is 2.71. The van der Waals surface area contributed by atoms with Gasteiger partial charge < -0.3 is 9.30 Å². The van der Waals surface area contributed by atoms with Crippen LogP contribution >= 0.6 is 23.2 Å². The second-order valence-corrected chi connectivity index (χ2v) is 5.25. The normalized spacial score (nSPS) is 11.5. The predicted octanol–water partition coefficient (Wildman–Crippen LogP) is 5.10. The van der Waals surface area contributed by atoms with Crippen molar-refractivity contribution in [2.24, 2.45) is 0 Å². The number of hydrogen-bond acceptors (Lipinski definition) is 1. The van der Waals surface area contributed by atoms with Crippen LogP contribution in [0.25, 0.3) is 21.8 Å². The van der Waals surface area contributed by atoms with E-state index in [0.717, 1.165) is 31.9 Å². The highest BCUT2D eigenvalue weighted by Crippen LogP contribution is 2.32. The molecule has 3 rings (SSSR count). The lowest BCUT2D eigenvalue weighted by molar-refractivity contribution is 0.0936. The van der Waals surface area contributed by atoms with Crippen LogP contribution in [0.15, 0.2) is 36.4 Å². The maximum Gasteiger partial charge on any atom is 0.123 e. The Balaban J connectivity index is 2.36. The Morgan fingerprint density at radius 3 is 1.95 bits per heavy atom. The molecule has 0 bridgehead atoms. The van der Waals surface area contributed by atoms with Crippen LogP contribution in [0.3, 0.4) is 0 Å². The average molecular weight is 294 g/mol. The first-order valence-corrected chi connectivity index (χ1v) is 6.91. The lowest BCUT2D eigenvalue weighted by Crippen LogP contribution is -2.01. The van der Waals surface area contributed by atoms with E-state index in [1.807, 2.05) is 43.3 Å². The first kappa shape index (κ1) is 12.8. The van der Waals surface area contributed by atoms with Gasteiger partial charge in [0.15, 0.2) is 0 Å². The van der Waals surface area contributed by atoms with Crippen LogP contribution in [0.5, 0.6) is 0 Å². The summed E-state index contributed by atoms with van der Waals surface area (Å²) < 4.78 is 7.69. The zero-order valence-corrected chi connectivity index (χ0v) is 12.0. The molecule has 0 fully saturated rings. The van der Waals surface area contributed by atoms with Gasteiger partial charge in [-0.15, -0.1) is 0 Å². The van der Waals surface area contributed by atoms with Crippen LogP contribution < -0.4 is 0 Å². The monoisotopic (exact) mass is 293 g/mol. The average Bonchev–Trinajstić information content (AvgIpc) is 2.69. The molecule has 98 valence electrons. The van der Waals surface area contributed by atoms with Crippen molar-refractivity contribution < 1.29 is 4.74 Å². The molecule has 0 spiro atoms. The lowest BCUT2D eigenvalue weighted by Gasteiger charge is -2.07. The molecule has 1 aromatic heterocycles. The molecule has 2 nitrogen and oxygen atoms in total. The molecule has 19 heavy (non-hydrogen) atoms. The van der Waals surface area contributed by atoms with Gasteiger partial charge in [0.1, 0.15) is 6.73 Å². The van der Waals surface area contributed by atoms with Crippen LogP contribution in [0.4, 0.5) is 0 Å². The van der Waals surface area contributed by atoms with Crippen molar-refractivity contribution in [3.8, 4) is 0 Å². The second kappa shape index (κ2) is 5.04. The Bertz CT molecular complexity index is 689. The van der Waals surface area contributed by atoms with Crippen LogP contribution in [-0.4, -0.2) is 11.2 Å².